The van der Waals surface area contributed by atoms with Gasteiger partial charge in [-0.05, 0) is 181 Å². The zero-order valence-electron chi connectivity index (χ0n) is 57.8. The Morgan fingerprint density at radius 2 is 1.60 bits per heavy atom. The lowest BCUT2D eigenvalue weighted by Gasteiger charge is -2.69. The lowest BCUT2D eigenvalue weighted by molar-refractivity contribution is -0.248. The van der Waals surface area contributed by atoms with Crippen LogP contribution in [-0.4, -0.2) is 155 Å². The highest BCUT2D eigenvalue weighted by Gasteiger charge is 2.66. The minimum atomic E-state index is -0.941. The summed E-state index contributed by atoms with van der Waals surface area (Å²) in [5.74, 6) is 0.970. The number of aromatic nitrogens is 7. The van der Waals surface area contributed by atoms with Crippen molar-refractivity contribution < 1.29 is 29.0 Å². The van der Waals surface area contributed by atoms with Gasteiger partial charge in [0.1, 0.15) is 23.6 Å². The molecule has 5 aliphatic carbocycles. The fourth-order valence-electron chi connectivity index (χ4n) is 19.8. The van der Waals surface area contributed by atoms with E-state index in [9.17, 15) is 19.5 Å². The third-order valence-electron chi connectivity index (χ3n) is 23.1. The zero-order chi connectivity index (χ0) is 67.6. The summed E-state index contributed by atoms with van der Waals surface area (Å²) in [6, 6.07) is 18.0. The van der Waals surface area contributed by atoms with Gasteiger partial charge in [0.2, 0.25) is 17.7 Å². The van der Waals surface area contributed by atoms with Gasteiger partial charge in [-0.3, -0.25) is 23.9 Å². The van der Waals surface area contributed by atoms with Gasteiger partial charge in [0.15, 0.2) is 16.8 Å². The number of thiazole rings is 2. The Balaban J connectivity index is 0.639. The molecule has 512 valence electrons. The van der Waals surface area contributed by atoms with Gasteiger partial charge in [0, 0.05) is 85.5 Å². The summed E-state index contributed by atoms with van der Waals surface area (Å²) < 4.78 is 10.5. The first-order chi connectivity index (χ1) is 46.3. The number of hydrogen-bond donors (Lipinski definition) is 4. The maximum atomic E-state index is 15.5. The maximum Gasteiger partial charge on any atom is 0.273 e. The first kappa shape index (κ1) is 65.7. The van der Waals surface area contributed by atoms with Gasteiger partial charge in [-0.25, -0.2) is 15.0 Å². The van der Waals surface area contributed by atoms with E-state index in [4.69, 9.17) is 30.0 Å². The van der Waals surface area contributed by atoms with Crippen LogP contribution >= 0.6 is 22.7 Å². The van der Waals surface area contributed by atoms with Crippen LogP contribution < -0.4 is 20.9 Å². The number of carbonyl (C=O) groups excluding carboxylic acids is 4. The Bertz CT molecular complexity index is 4140. The van der Waals surface area contributed by atoms with Gasteiger partial charge in [-0.15, -0.1) is 21.5 Å². The first-order valence-electron chi connectivity index (χ1n) is 35.4. The number of likely N-dealkylation sites (tertiary alicyclic amines) is 3. The number of nitrogens with one attached hydrogen (secondary N) is 3. The van der Waals surface area contributed by atoms with Crippen molar-refractivity contribution in [3.8, 4) is 21.6 Å². The van der Waals surface area contributed by atoms with Crippen LogP contribution in [0.25, 0.3) is 31.8 Å². The third-order valence-corrected chi connectivity index (χ3v) is 25.1. The molecule has 22 heteroatoms. The number of benzene rings is 2. The van der Waals surface area contributed by atoms with Crippen molar-refractivity contribution in [2.45, 2.75) is 189 Å². The molecule has 4 N–H and O–H groups in total. The van der Waals surface area contributed by atoms with Gasteiger partial charge >= 0.3 is 0 Å². The quantitative estimate of drug-likeness (QED) is 0.0590. The van der Waals surface area contributed by atoms with Gasteiger partial charge in [-0.2, -0.15) is 5.10 Å². The number of nitrogens with zero attached hydrogens (tertiary/aromatic N) is 11. The van der Waals surface area contributed by atoms with Crippen molar-refractivity contribution in [3.05, 3.63) is 106 Å². The van der Waals surface area contributed by atoms with E-state index in [1.165, 1.54) is 37.3 Å². The largest absolute Gasteiger partial charge is 0.391 e. The third kappa shape index (κ3) is 12.7. The molecular weight excluding hydrogens is 1260 g/mol. The number of anilines is 4. The van der Waals surface area contributed by atoms with Gasteiger partial charge in [-0.1, -0.05) is 82.4 Å². The molecule has 4 amide bonds. The molecular formula is C75H94N14O6S2. The number of hydrogen-bond acceptors (Lipinski definition) is 17. The Morgan fingerprint density at radius 3 is 2.32 bits per heavy atom. The molecule has 5 aromatic heterocycles. The number of β-amino-alcohol motifs (C(OH)–C–C–N with tert-alkyl or cyclic N) is 1. The number of aliphatic hydroxyl groups excluding tert-OH is 1. The average molecular weight is 1350 g/mol. The second kappa shape index (κ2) is 24.9. The Kier molecular flexibility index (Phi) is 16.8. The van der Waals surface area contributed by atoms with E-state index in [-0.39, 0.29) is 76.3 Å². The molecule has 5 saturated carbocycles. The second-order valence-corrected chi connectivity index (χ2v) is 34.4. The monoisotopic (exact) mass is 1350 g/mol. The Hall–Kier alpha value is -7.24. The second-order valence-electron chi connectivity index (χ2n) is 32.5. The first-order valence-corrected chi connectivity index (χ1v) is 37.1. The smallest absolute Gasteiger partial charge is 0.273 e. The maximum absolute atomic E-state index is 15.5. The summed E-state index contributed by atoms with van der Waals surface area (Å²) >= 11 is 3.17. The lowest BCUT2D eigenvalue weighted by atomic mass is 9.39. The minimum absolute atomic E-state index is 0.0103. The standard InChI is InChI=1S/C75H94N14O6S2/c1-45-53-15-14-26-87(65(53)84-83-64(45)82-69-79-56-16-10-11-17-58(56)97-69)59-23-22-54(55-33-77-89(48(55)4)43-74-36-71(8)35-72(9,37-74)39-75(38-71,40-74)95-28-27-85-24-12-13-25-85)61(80-59)67(93)86-41-73(42-86)31-49(32-73)29-60(91)81-63(70(5,6)7)68(94)88-34-52(90)30-57(88)66(92)78-46(2)50-18-20-51(21-19-50)62-47(3)76-44-96-62/h10-11,16-23,33,44,46,49,52,57,63,90H,12-15,24-32,34-43H2,1-9H3,(H,78,92)(H,81,91)(H,79,82,83)/t46-,52+,57-,63+,71?,72?,74?,75?/m0/s1. The number of pyridine rings is 1. The van der Waals surface area contributed by atoms with Crippen LogP contribution in [0.1, 0.15) is 170 Å². The molecule has 16 rings (SSSR count). The SMILES string of the molecule is Cc1ncsc1-c1ccc([C@H](C)NC(=O)[C@@H]2C[C@@H](O)CN2C(=O)[C@@H](NC(=O)CC2CC3(C2)CN(C(=O)c2nc(N4CCCc5c4nnc(Nc4nc6ccccc6s4)c5C)ccc2-c2cnn(CC45CC6(C)CC(C)(C4)CC(OCCN4CCCC4)(C6)C5)c2C)C3)C(C)(C)C)cc1. The molecule has 2 aromatic carbocycles. The molecule has 2 unspecified atom stereocenters. The number of fused-ring (bicyclic) bond motifs is 2. The number of rotatable bonds is 19. The molecule has 6 atom stereocenters. The van der Waals surface area contributed by atoms with Crippen molar-refractivity contribution in [2.75, 3.05) is 62.6 Å². The summed E-state index contributed by atoms with van der Waals surface area (Å²) in [7, 11) is 0. The molecule has 20 nitrogen and oxygen atoms in total. The summed E-state index contributed by atoms with van der Waals surface area (Å²) in [6.07, 6.45) is 14.0. The molecule has 3 saturated heterocycles. The summed E-state index contributed by atoms with van der Waals surface area (Å²) in [6.45, 7) is 25.5. The number of aryl methyl sites for hydroxylation is 1. The molecule has 4 aliphatic heterocycles. The van der Waals surface area contributed by atoms with E-state index in [0.717, 1.165) is 148 Å². The Morgan fingerprint density at radius 1 is 0.845 bits per heavy atom. The van der Waals surface area contributed by atoms with E-state index in [1.54, 1.807) is 22.7 Å². The van der Waals surface area contributed by atoms with E-state index >= 15 is 4.79 Å². The number of para-hydroxylation sites is 1. The van der Waals surface area contributed by atoms with Crippen molar-refractivity contribution in [1.82, 2.24) is 60.3 Å². The van der Waals surface area contributed by atoms with Crippen LogP contribution in [0.15, 0.2) is 72.4 Å². The van der Waals surface area contributed by atoms with E-state index in [0.29, 0.717) is 37.0 Å². The molecule has 9 aliphatic rings. The highest BCUT2D eigenvalue weighted by molar-refractivity contribution is 7.22. The molecule has 4 bridgehead atoms. The number of amides is 4. The van der Waals surface area contributed by atoms with Gasteiger partial charge in [0.25, 0.3) is 5.91 Å². The Labute approximate surface area is 577 Å². The predicted molar refractivity (Wildman–Crippen MR) is 378 cm³/mol. The van der Waals surface area contributed by atoms with Gasteiger partial charge in [0.05, 0.1) is 56.8 Å². The molecule has 9 heterocycles. The summed E-state index contributed by atoms with van der Waals surface area (Å²) in [4.78, 5) is 82.1. The van der Waals surface area contributed by atoms with E-state index in [1.807, 2.05) is 99.8 Å². The van der Waals surface area contributed by atoms with Crippen LogP contribution in [0, 0.1) is 53.8 Å². The van der Waals surface area contributed by atoms with Gasteiger partial charge < -0.3 is 45.4 Å². The van der Waals surface area contributed by atoms with Crippen LogP contribution in [0.2, 0.25) is 0 Å². The van der Waals surface area contributed by atoms with Crippen molar-refractivity contribution in [2.24, 2.45) is 33.0 Å². The molecule has 1 spiro atoms. The summed E-state index contributed by atoms with van der Waals surface area (Å²) in [5.41, 5.74) is 10.3. The van der Waals surface area contributed by atoms with Crippen LogP contribution in [0.4, 0.5) is 22.6 Å². The number of carbonyl (C=O) groups is 4. The highest BCUT2D eigenvalue weighted by Crippen LogP contribution is 2.72. The summed E-state index contributed by atoms with van der Waals surface area (Å²) in [5, 5.41) is 36.2. The topological polar surface area (TPSA) is 229 Å². The van der Waals surface area contributed by atoms with Crippen LogP contribution in [0.3, 0.4) is 0 Å². The molecule has 8 fully saturated rings. The van der Waals surface area contributed by atoms with Crippen LogP contribution in [0.5, 0.6) is 0 Å². The lowest BCUT2D eigenvalue weighted by Crippen LogP contribution is -2.64. The van der Waals surface area contributed by atoms with Crippen molar-refractivity contribution >= 4 is 79.1 Å². The predicted octanol–water partition coefficient (Wildman–Crippen LogP) is 12.1. The highest BCUT2D eigenvalue weighted by atomic mass is 32.1. The average Bonchev–Trinajstić information content (AvgIpc) is 1.14. The molecule has 7 aromatic rings. The number of aliphatic hydroxyl groups is 1. The van der Waals surface area contributed by atoms with Crippen molar-refractivity contribution in [3.63, 3.8) is 0 Å². The molecule has 0 radical (unpaired) electrons. The van der Waals surface area contributed by atoms with E-state index in [2.05, 4.69) is 75.2 Å². The normalized spacial score (nSPS) is 26.5. The van der Waals surface area contributed by atoms with Crippen molar-refractivity contribution in [1.29, 1.82) is 0 Å². The fraction of sp³-hybridized carbons (Fsp3) is 0.573. The fourth-order valence-corrected chi connectivity index (χ4v) is 21.5. The van der Waals surface area contributed by atoms with E-state index < -0.39 is 29.5 Å². The minimum Gasteiger partial charge on any atom is -0.391 e. The zero-order valence-corrected chi connectivity index (χ0v) is 59.4. The molecule has 97 heavy (non-hydrogen) atoms. The number of ether oxygens (including phenoxy) is 1. The van der Waals surface area contributed by atoms with Crippen LogP contribution in [-0.2, 0) is 32.1 Å².